The zero-order valence-corrected chi connectivity index (χ0v) is 8.73. The van der Waals surface area contributed by atoms with Gasteiger partial charge in [-0.2, -0.15) is 0 Å². The maximum Gasteiger partial charge on any atom is 0.0515 e. The fourth-order valence-corrected chi connectivity index (χ4v) is 2.58. The summed E-state index contributed by atoms with van der Waals surface area (Å²) in [5.41, 5.74) is 7.80. The Labute approximate surface area is 89.8 Å². The van der Waals surface area contributed by atoms with Crippen LogP contribution < -0.4 is 10.6 Å². The Kier molecular flexibility index (Phi) is 2.06. The van der Waals surface area contributed by atoms with Crippen LogP contribution in [0.1, 0.15) is 0 Å². The number of nitrogens with zero attached hydrogens (tertiary/aromatic N) is 1. The predicted molar refractivity (Wildman–Crippen MR) is 60.9 cm³/mol. The number of anilines is 2. The maximum atomic E-state index is 5.68. The van der Waals surface area contributed by atoms with E-state index < -0.39 is 0 Å². The lowest BCUT2D eigenvalue weighted by Crippen LogP contribution is -2.21. The molecule has 15 heavy (non-hydrogen) atoms. The number of ether oxygens (including phenoxy) is 1. The van der Waals surface area contributed by atoms with Crippen molar-refractivity contribution in [2.75, 3.05) is 36.9 Å². The van der Waals surface area contributed by atoms with Crippen molar-refractivity contribution < 1.29 is 4.74 Å². The molecule has 1 aromatic rings. The van der Waals surface area contributed by atoms with Crippen LogP contribution in [0.3, 0.4) is 0 Å². The van der Waals surface area contributed by atoms with E-state index >= 15 is 0 Å². The van der Waals surface area contributed by atoms with Crippen LogP contribution in [-0.4, -0.2) is 26.3 Å². The average molecular weight is 204 g/mol. The summed E-state index contributed by atoms with van der Waals surface area (Å²) >= 11 is 0. The second kappa shape index (κ2) is 3.42. The van der Waals surface area contributed by atoms with Gasteiger partial charge < -0.3 is 15.4 Å². The quantitative estimate of drug-likeness (QED) is 0.702. The summed E-state index contributed by atoms with van der Waals surface area (Å²) in [7, 11) is 0. The predicted octanol–water partition coefficient (Wildman–Crippen LogP) is 1.35. The highest BCUT2D eigenvalue weighted by molar-refractivity contribution is 5.53. The lowest BCUT2D eigenvalue weighted by Gasteiger charge is -2.19. The molecule has 0 aliphatic carbocycles. The first-order chi connectivity index (χ1) is 7.33. The van der Waals surface area contributed by atoms with Gasteiger partial charge in [-0.1, -0.05) is 0 Å². The monoisotopic (exact) mass is 204 g/mol. The molecular formula is C12H16N2O. The molecule has 2 atom stereocenters. The molecule has 3 heteroatoms. The first-order valence-corrected chi connectivity index (χ1v) is 5.51. The number of fused-ring (bicyclic) bond motifs is 1. The summed E-state index contributed by atoms with van der Waals surface area (Å²) < 4.78 is 5.47. The smallest absolute Gasteiger partial charge is 0.0515 e. The van der Waals surface area contributed by atoms with Crippen LogP contribution in [0.4, 0.5) is 11.4 Å². The molecule has 2 fully saturated rings. The van der Waals surface area contributed by atoms with Gasteiger partial charge in [-0.25, -0.2) is 0 Å². The minimum Gasteiger partial charge on any atom is -0.399 e. The summed E-state index contributed by atoms with van der Waals surface area (Å²) in [6.07, 6.45) is 0. The van der Waals surface area contributed by atoms with E-state index in [-0.39, 0.29) is 0 Å². The summed E-state index contributed by atoms with van der Waals surface area (Å²) in [6.45, 7) is 4.15. The normalized spacial score (nSPS) is 29.5. The average Bonchev–Trinajstić information content (AvgIpc) is 2.78. The summed E-state index contributed by atoms with van der Waals surface area (Å²) in [5, 5.41) is 0. The Morgan fingerprint density at radius 1 is 1.07 bits per heavy atom. The molecule has 2 N–H and O–H groups in total. The maximum absolute atomic E-state index is 5.68. The van der Waals surface area contributed by atoms with Crippen molar-refractivity contribution >= 4 is 11.4 Å². The number of nitrogen functional groups attached to an aromatic ring is 1. The molecule has 0 bridgehead atoms. The molecule has 0 radical (unpaired) electrons. The lowest BCUT2D eigenvalue weighted by molar-refractivity contribution is 0.177. The van der Waals surface area contributed by atoms with Gasteiger partial charge in [0.15, 0.2) is 0 Å². The van der Waals surface area contributed by atoms with E-state index in [0.29, 0.717) is 0 Å². The van der Waals surface area contributed by atoms with Crippen molar-refractivity contribution in [1.29, 1.82) is 0 Å². The van der Waals surface area contributed by atoms with Crippen LogP contribution in [0.15, 0.2) is 24.3 Å². The van der Waals surface area contributed by atoms with Crippen molar-refractivity contribution in [2.24, 2.45) is 11.8 Å². The highest BCUT2D eigenvalue weighted by Gasteiger charge is 2.36. The largest absolute Gasteiger partial charge is 0.399 e. The fraction of sp³-hybridized carbons (Fsp3) is 0.500. The molecule has 2 aliphatic rings. The lowest BCUT2D eigenvalue weighted by atomic mass is 10.0. The van der Waals surface area contributed by atoms with Gasteiger partial charge in [0.25, 0.3) is 0 Å². The van der Waals surface area contributed by atoms with Crippen LogP contribution in [0.2, 0.25) is 0 Å². The third kappa shape index (κ3) is 1.57. The molecule has 0 amide bonds. The summed E-state index contributed by atoms with van der Waals surface area (Å²) in [5.74, 6) is 1.48. The van der Waals surface area contributed by atoms with Crippen molar-refractivity contribution in [3.8, 4) is 0 Å². The Morgan fingerprint density at radius 2 is 1.67 bits per heavy atom. The van der Waals surface area contributed by atoms with Crippen molar-refractivity contribution in [3.63, 3.8) is 0 Å². The highest BCUT2D eigenvalue weighted by Crippen LogP contribution is 2.32. The van der Waals surface area contributed by atoms with Crippen LogP contribution in [0.5, 0.6) is 0 Å². The fourth-order valence-electron chi connectivity index (χ4n) is 2.58. The van der Waals surface area contributed by atoms with E-state index in [1.54, 1.807) is 0 Å². The first-order valence-electron chi connectivity index (χ1n) is 5.51. The number of benzene rings is 1. The minimum atomic E-state index is 0.738. The summed E-state index contributed by atoms with van der Waals surface area (Å²) in [6, 6.07) is 8.16. The standard InChI is InChI=1S/C12H16N2O/c13-11-1-3-12(4-2-11)14-5-9-7-15-8-10(9)6-14/h1-4,9-10H,5-8,13H2/t9-,10+. The van der Waals surface area contributed by atoms with Gasteiger partial charge >= 0.3 is 0 Å². The summed E-state index contributed by atoms with van der Waals surface area (Å²) in [4.78, 5) is 2.44. The van der Waals surface area contributed by atoms with Gasteiger partial charge in [0.05, 0.1) is 13.2 Å². The molecule has 0 spiro atoms. The third-order valence-corrected chi connectivity index (χ3v) is 3.50. The zero-order chi connectivity index (χ0) is 10.3. The molecule has 0 saturated carbocycles. The van der Waals surface area contributed by atoms with E-state index in [9.17, 15) is 0 Å². The molecule has 3 nitrogen and oxygen atoms in total. The number of nitrogens with two attached hydrogens (primary N) is 1. The molecule has 0 unspecified atom stereocenters. The Balaban J connectivity index is 1.76. The van der Waals surface area contributed by atoms with E-state index in [1.807, 2.05) is 12.1 Å². The van der Waals surface area contributed by atoms with Crippen molar-refractivity contribution in [1.82, 2.24) is 0 Å². The first kappa shape index (κ1) is 9.04. The van der Waals surface area contributed by atoms with E-state index in [4.69, 9.17) is 10.5 Å². The molecule has 2 heterocycles. The highest BCUT2D eigenvalue weighted by atomic mass is 16.5. The number of hydrogen-bond acceptors (Lipinski definition) is 3. The minimum absolute atomic E-state index is 0.738. The van der Waals surface area contributed by atoms with Crippen molar-refractivity contribution in [3.05, 3.63) is 24.3 Å². The van der Waals surface area contributed by atoms with E-state index in [2.05, 4.69) is 17.0 Å². The van der Waals surface area contributed by atoms with Crippen LogP contribution in [0.25, 0.3) is 0 Å². The third-order valence-electron chi connectivity index (χ3n) is 3.50. The number of hydrogen-bond donors (Lipinski definition) is 1. The van der Waals surface area contributed by atoms with E-state index in [0.717, 1.165) is 43.8 Å². The number of rotatable bonds is 1. The SMILES string of the molecule is Nc1ccc(N2C[C@H]3COC[C@H]3C2)cc1. The van der Waals surface area contributed by atoms with Crippen LogP contribution >= 0.6 is 0 Å². The zero-order valence-electron chi connectivity index (χ0n) is 8.73. The van der Waals surface area contributed by atoms with Crippen LogP contribution in [0, 0.1) is 11.8 Å². The molecule has 0 aromatic heterocycles. The second-order valence-corrected chi connectivity index (χ2v) is 4.55. The topological polar surface area (TPSA) is 38.5 Å². The molecule has 80 valence electrons. The molecule has 3 rings (SSSR count). The molecule has 2 saturated heterocycles. The van der Waals surface area contributed by atoms with Gasteiger partial charge in [-0.05, 0) is 24.3 Å². The second-order valence-electron chi connectivity index (χ2n) is 4.55. The van der Waals surface area contributed by atoms with Gasteiger partial charge in [-0.3, -0.25) is 0 Å². The van der Waals surface area contributed by atoms with Gasteiger partial charge in [0.2, 0.25) is 0 Å². The van der Waals surface area contributed by atoms with E-state index in [1.165, 1.54) is 5.69 Å². The van der Waals surface area contributed by atoms with Crippen molar-refractivity contribution in [2.45, 2.75) is 0 Å². The Hall–Kier alpha value is -1.22. The molecule has 2 aliphatic heterocycles. The van der Waals surface area contributed by atoms with Gasteiger partial charge in [-0.15, -0.1) is 0 Å². The van der Waals surface area contributed by atoms with Gasteiger partial charge in [0.1, 0.15) is 0 Å². The Morgan fingerprint density at radius 3 is 2.27 bits per heavy atom. The molecule has 1 aromatic carbocycles. The van der Waals surface area contributed by atoms with Gasteiger partial charge in [0, 0.05) is 36.3 Å². The Bertz CT molecular complexity index is 337. The molecular weight excluding hydrogens is 188 g/mol. The van der Waals surface area contributed by atoms with Crippen LogP contribution in [-0.2, 0) is 4.74 Å².